The third-order valence-corrected chi connectivity index (χ3v) is 4.00. The molecular formula is C16H24N2O3. The molecule has 0 radical (unpaired) electrons. The maximum Gasteiger partial charge on any atom is 0.239 e. The molecule has 1 heterocycles. The molecular weight excluding hydrogens is 268 g/mol. The first kappa shape index (κ1) is 15.6. The Labute approximate surface area is 125 Å². The van der Waals surface area contributed by atoms with Crippen LogP contribution in [-0.4, -0.2) is 42.7 Å². The number of rotatable bonds is 4. The van der Waals surface area contributed by atoms with Gasteiger partial charge < -0.3 is 20.1 Å². The number of piperidine rings is 1. The SMILES string of the molecule is COc1cc(CN(C)C(=O)C2CC(C)CCN2)ccc1O. The standard InChI is InChI=1S/C16H24N2O3/c1-11-6-7-17-13(8-11)16(20)18(2)10-12-4-5-14(19)15(9-12)21-3/h4-5,9,11,13,17,19H,6-8,10H2,1-3H3. The molecule has 0 bridgehead atoms. The molecule has 0 aromatic heterocycles. The molecule has 2 N–H and O–H groups in total. The molecule has 1 aliphatic heterocycles. The molecule has 1 amide bonds. The average Bonchev–Trinajstić information content (AvgIpc) is 2.48. The van der Waals surface area contributed by atoms with Gasteiger partial charge in [0, 0.05) is 13.6 Å². The number of carbonyl (C=O) groups is 1. The van der Waals surface area contributed by atoms with Crippen LogP contribution in [0, 0.1) is 5.92 Å². The largest absolute Gasteiger partial charge is 0.504 e. The highest BCUT2D eigenvalue weighted by molar-refractivity contribution is 5.81. The summed E-state index contributed by atoms with van der Waals surface area (Å²) in [5.74, 6) is 1.24. The van der Waals surface area contributed by atoms with Crippen LogP contribution >= 0.6 is 0 Å². The smallest absolute Gasteiger partial charge is 0.239 e. The average molecular weight is 292 g/mol. The molecule has 1 aromatic carbocycles. The number of nitrogens with zero attached hydrogens (tertiary/aromatic N) is 1. The Morgan fingerprint density at radius 3 is 2.95 bits per heavy atom. The molecule has 1 aliphatic rings. The molecule has 0 aliphatic carbocycles. The van der Waals surface area contributed by atoms with Gasteiger partial charge in [0.15, 0.2) is 11.5 Å². The molecule has 0 spiro atoms. The fraction of sp³-hybridized carbons (Fsp3) is 0.562. The second kappa shape index (κ2) is 6.80. The minimum Gasteiger partial charge on any atom is -0.504 e. The highest BCUT2D eigenvalue weighted by atomic mass is 16.5. The van der Waals surface area contributed by atoms with E-state index >= 15 is 0 Å². The number of methoxy groups -OCH3 is 1. The zero-order valence-electron chi connectivity index (χ0n) is 12.9. The normalized spacial score (nSPS) is 21.9. The number of aromatic hydroxyl groups is 1. The molecule has 0 saturated carbocycles. The molecule has 2 rings (SSSR count). The van der Waals surface area contributed by atoms with E-state index in [2.05, 4.69) is 12.2 Å². The highest BCUT2D eigenvalue weighted by Gasteiger charge is 2.26. The van der Waals surface area contributed by atoms with Crippen molar-refractivity contribution in [2.45, 2.75) is 32.4 Å². The van der Waals surface area contributed by atoms with Gasteiger partial charge in [-0.05, 0) is 43.0 Å². The van der Waals surface area contributed by atoms with E-state index in [1.54, 1.807) is 23.1 Å². The lowest BCUT2D eigenvalue weighted by atomic mass is 9.93. The Balaban J connectivity index is 2.00. The van der Waals surface area contributed by atoms with Gasteiger partial charge in [-0.2, -0.15) is 0 Å². The maximum absolute atomic E-state index is 12.5. The van der Waals surface area contributed by atoms with Gasteiger partial charge >= 0.3 is 0 Å². The number of ether oxygens (including phenoxy) is 1. The third-order valence-electron chi connectivity index (χ3n) is 4.00. The first-order valence-electron chi connectivity index (χ1n) is 7.35. The van der Waals surface area contributed by atoms with E-state index in [1.807, 2.05) is 7.05 Å². The molecule has 2 unspecified atom stereocenters. The van der Waals surface area contributed by atoms with Crippen molar-refractivity contribution in [2.75, 3.05) is 20.7 Å². The van der Waals surface area contributed by atoms with E-state index in [1.165, 1.54) is 7.11 Å². The van der Waals surface area contributed by atoms with Crippen molar-refractivity contribution in [1.82, 2.24) is 10.2 Å². The lowest BCUT2D eigenvalue weighted by Gasteiger charge is -2.30. The lowest BCUT2D eigenvalue weighted by Crippen LogP contribution is -2.48. The Bertz CT molecular complexity index is 504. The van der Waals surface area contributed by atoms with Crippen LogP contribution in [-0.2, 0) is 11.3 Å². The van der Waals surface area contributed by atoms with Crippen LogP contribution in [0.4, 0.5) is 0 Å². The maximum atomic E-state index is 12.5. The minimum atomic E-state index is -0.0854. The molecule has 1 fully saturated rings. The number of phenolic OH excluding ortho intramolecular Hbond substituents is 1. The number of nitrogens with one attached hydrogen (secondary N) is 1. The van der Waals surface area contributed by atoms with Crippen LogP contribution in [0.5, 0.6) is 11.5 Å². The Morgan fingerprint density at radius 2 is 2.29 bits per heavy atom. The van der Waals surface area contributed by atoms with Crippen molar-refractivity contribution in [3.05, 3.63) is 23.8 Å². The summed E-state index contributed by atoms with van der Waals surface area (Å²) < 4.78 is 5.09. The van der Waals surface area contributed by atoms with Crippen molar-refractivity contribution >= 4 is 5.91 Å². The molecule has 5 nitrogen and oxygen atoms in total. The van der Waals surface area contributed by atoms with E-state index < -0.39 is 0 Å². The summed E-state index contributed by atoms with van der Waals surface area (Å²) in [6.45, 7) is 3.59. The van der Waals surface area contributed by atoms with Crippen LogP contribution in [0.25, 0.3) is 0 Å². The molecule has 1 saturated heterocycles. The van der Waals surface area contributed by atoms with Crippen molar-refractivity contribution in [3.63, 3.8) is 0 Å². The molecule has 21 heavy (non-hydrogen) atoms. The lowest BCUT2D eigenvalue weighted by molar-refractivity contribution is -0.133. The Kier molecular flexibility index (Phi) is 5.07. The van der Waals surface area contributed by atoms with Gasteiger partial charge in [-0.25, -0.2) is 0 Å². The number of likely N-dealkylation sites (N-methyl/N-ethyl adjacent to an activating group) is 1. The number of hydrogen-bond donors (Lipinski definition) is 2. The summed E-state index contributed by atoms with van der Waals surface area (Å²) in [6.07, 6.45) is 2.02. The van der Waals surface area contributed by atoms with E-state index in [-0.39, 0.29) is 17.7 Å². The number of benzene rings is 1. The van der Waals surface area contributed by atoms with E-state index in [0.717, 1.165) is 24.9 Å². The number of carbonyl (C=O) groups excluding carboxylic acids is 1. The van der Waals surface area contributed by atoms with E-state index in [4.69, 9.17) is 4.74 Å². The Morgan fingerprint density at radius 1 is 1.52 bits per heavy atom. The van der Waals surface area contributed by atoms with Crippen LogP contribution in [0.3, 0.4) is 0 Å². The quantitative estimate of drug-likeness (QED) is 0.887. The van der Waals surface area contributed by atoms with E-state index in [0.29, 0.717) is 18.2 Å². The van der Waals surface area contributed by atoms with Gasteiger partial charge in [0.2, 0.25) is 5.91 Å². The summed E-state index contributed by atoms with van der Waals surface area (Å²) in [4.78, 5) is 14.2. The van der Waals surface area contributed by atoms with Gasteiger partial charge in [-0.15, -0.1) is 0 Å². The van der Waals surface area contributed by atoms with E-state index in [9.17, 15) is 9.90 Å². The predicted octanol–water partition coefficient (Wildman–Crippen LogP) is 1.75. The second-order valence-corrected chi connectivity index (χ2v) is 5.84. The molecule has 2 atom stereocenters. The summed E-state index contributed by atoms with van der Waals surface area (Å²) in [7, 11) is 3.32. The van der Waals surface area contributed by atoms with Gasteiger partial charge in [0.1, 0.15) is 0 Å². The number of amides is 1. The first-order chi connectivity index (χ1) is 10.0. The van der Waals surface area contributed by atoms with Crippen LogP contribution < -0.4 is 10.1 Å². The first-order valence-corrected chi connectivity index (χ1v) is 7.35. The monoisotopic (exact) mass is 292 g/mol. The van der Waals surface area contributed by atoms with Crippen LogP contribution in [0.2, 0.25) is 0 Å². The van der Waals surface area contributed by atoms with Gasteiger partial charge in [-0.1, -0.05) is 13.0 Å². The van der Waals surface area contributed by atoms with Crippen molar-refractivity contribution in [2.24, 2.45) is 5.92 Å². The summed E-state index contributed by atoms with van der Waals surface area (Å²) in [5, 5.41) is 12.9. The van der Waals surface area contributed by atoms with Crippen molar-refractivity contribution in [1.29, 1.82) is 0 Å². The highest BCUT2D eigenvalue weighted by Crippen LogP contribution is 2.27. The zero-order valence-corrected chi connectivity index (χ0v) is 12.9. The zero-order chi connectivity index (χ0) is 15.4. The fourth-order valence-corrected chi connectivity index (χ4v) is 2.73. The number of hydrogen-bond acceptors (Lipinski definition) is 4. The molecule has 116 valence electrons. The van der Waals surface area contributed by atoms with Crippen molar-refractivity contribution in [3.8, 4) is 11.5 Å². The van der Waals surface area contributed by atoms with Gasteiger partial charge in [0.05, 0.1) is 13.2 Å². The van der Waals surface area contributed by atoms with Crippen LogP contribution in [0.1, 0.15) is 25.3 Å². The molecule has 1 aromatic rings. The third kappa shape index (κ3) is 3.88. The summed E-state index contributed by atoms with van der Waals surface area (Å²) >= 11 is 0. The topological polar surface area (TPSA) is 61.8 Å². The fourth-order valence-electron chi connectivity index (χ4n) is 2.73. The van der Waals surface area contributed by atoms with Gasteiger partial charge in [-0.3, -0.25) is 4.79 Å². The van der Waals surface area contributed by atoms with Crippen LogP contribution in [0.15, 0.2) is 18.2 Å². The molecule has 5 heteroatoms. The summed E-state index contributed by atoms with van der Waals surface area (Å²) in [6, 6.07) is 5.07. The second-order valence-electron chi connectivity index (χ2n) is 5.84. The van der Waals surface area contributed by atoms with Crippen molar-refractivity contribution < 1.29 is 14.6 Å². The predicted molar refractivity (Wildman–Crippen MR) is 81.3 cm³/mol. The van der Waals surface area contributed by atoms with Gasteiger partial charge in [0.25, 0.3) is 0 Å². The number of phenols is 1. The summed E-state index contributed by atoms with van der Waals surface area (Å²) in [5.41, 5.74) is 0.935. The minimum absolute atomic E-state index is 0.0854. The Hall–Kier alpha value is -1.75.